The van der Waals surface area contributed by atoms with Crippen LogP contribution in [-0.4, -0.2) is 58.2 Å². The van der Waals surface area contributed by atoms with Crippen LogP contribution in [0.15, 0.2) is 66.9 Å². The number of aliphatic carboxylic acids is 1. The van der Waals surface area contributed by atoms with E-state index in [-0.39, 0.29) is 24.7 Å². The van der Waals surface area contributed by atoms with Gasteiger partial charge in [0.1, 0.15) is 17.9 Å². The summed E-state index contributed by atoms with van der Waals surface area (Å²) in [5.41, 5.74) is 3.66. The Morgan fingerprint density at radius 1 is 0.971 bits per heavy atom. The fourth-order valence-electron chi connectivity index (χ4n) is 3.27. The second-order valence-electron chi connectivity index (χ2n) is 7.90. The largest absolute Gasteiger partial charge is 0.480 e. The number of aromatic nitrogens is 2. The molecule has 0 amide bonds. The first-order valence-corrected chi connectivity index (χ1v) is 12.3. The van der Waals surface area contributed by atoms with Crippen LogP contribution in [0.3, 0.4) is 0 Å². The molecule has 0 radical (unpaired) electrons. The van der Waals surface area contributed by atoms with Crippen LogP contribution in [-0.2, 0) is 14.3 Å². The van der Waals surface area contributed by atoms with Gasteiger partial charge in [0, 0.05) is 17.2 Å². The number of carboxylic acid groups (broad SMARTS) is 1. The van der Waals surface area contributed by atoms with Gasteiger partial charge in [-0.2, -0.15) is 0 Å². The van der Waals surface area contributed by atoms with Gasteiger partial charge in [-0.05, 0) is 20.8 Å². The van der Waals surface area contributed by atoms with E-state index >= 15 is 0 Å². The number of thioether (sulfide) groups is 1. The number of carbonyl (C=O) groups is 1. The Bertz CT molecular complexity index is 1030. The van der Waals surface area contributed by atoms with E-state index in [1.807, 2.05) is 61.7 Å². The molecular formula is C26H31N3O4S. The fourth-order valence-corrected chi connectivity index (χ4v) is 4.26. The van der Waals surface area contributed by atoms with Crippen LogP contribution in [0, 0.1) is 0 Å². The molecule has 0 unspecified atom stereocenters. The molecule has 1 atom stereocenters. The molecule has 3 aromatic rings. The zero-order valence-electron chi connectivity index (χ0n) is 19.8. The summed E-state index contributed by atoms with van der Waals surface area (Å²) in [7, 11) is 0. The number of carboxylic acids is 1. The fraction of sp³-hybridized carbons (Fsp3) is 0.346. The molecule has 8 heteroatoms. The third-order valence-corrected chi connectivity index (χ3v) is 6.06. The molecule has 2 aromatic carbocycles. The first kappa shape index (κ1) is 25.7. The van der Waals surface area contributed by atoms with Crippen LogP contribution in [0.25, 0.3) is 22.5 Å². The van der Waals surface area contributed by atoms with Crippen LogP contribution in [0.1, 0.15) is 20.8 Å². The van der Waals surface area contributed by atoms with Crippen LogP contribution in [0.5, 0.6) is 0 Å². The summed E-state index contributed by atoms with van der Waals surface area (Å²) in [4.78, 5) is 22.6. The van der Waals surface area contributed by atoms with Crippen molar-refractivity contribution in [3.8, 4) is 22.5 Å². The van der Waals surface area contributed by atoms with Crippen molar-refractivity contribution in [3.63, 3.8) is 0 Å². The van der Waals surface area contributed by atoms with E-state index in [1.165, 1.54) is 0 Å². The van der Waals surface area contributed by atoms with E-state index in [4.69, 9.17) is 24.5 Å². The second-order valence-corrected chi connectivity index (χ2v) is 9.16. The quantitative estimate of drug-likeness (QED) is 0.264. The summed E-state index contributed by atoms with van der Waals surface area (Å²) < 4.78 is 10.8. The average molecular weight is 482 g/mol. The third-order valence-electron chi connectivity index (χ3n) is 5.03. The molecule has 0 aliphatic heterocycles. The molecule has 7 nitrogen and oxygen atoms in total. The Kier molecular flexibility index (Phi) is 9.88. The molecule has 34 heavy (non-hydrogen) atoms. The molecule has 0 saturated carbocycles. The minimum absolute atomic E-state index is 0.0835. The number of rotatable bonds is 13. The van der Waals surface area contributed by atoms with Gasteiger partial charge in [0.05, 0.1) is 36.7 Å². The lowest BCUT2D eigenvalue weighted by molar-refractivity contribution is -0.142. The monoisotopic (exact) mass is 481 g/mol. The zero-order chi connectivity index (χ0) is 24.3. The smallest absolute Gasteiger partial charge is 0.329 e. The topological polar surface area (TPSA) is 84.8 Å². The highest BCUT2D eigenvalue weighted by atomic mass is 32.2. The molecule has 1 aromatic heterocycles. The number of nitrogens with zero attached hydrogens (tertiary/aromatic N) is 3. The van der Waals surface area contributed by atoms with Crippen molar-refractivity contribution in [3.05, 3.63) is 66.9 Å². The van der Waals surface area contributed by atoms with E-state index in [0.717, 1.165) is 28.3 Å². The van der Waals surface area contributed by atoms with Crippen LogP contribution >= 0.6 is 11.8 Å². The number of hydrogen-bond donors (Lipinski definition) is 1. The summed E-state index contributed by atoms with van der Waals surface area (Å²) >= 11 is 1.64. The number of hydrogen-bond acceptors (Lipinski definition) is 7. The predicted molar refractivity (Wildman–Crippen MR) is 137 cm³/mol. The first-order valence-electron chi connectivity index (χ1n) is 11.2. The molecule has 1 N–H and O–H groups in total. The lowest BCUT2D eigenvalue weighted by Crippen LogP contribution is -2.32. The van der Waals surface area contributed by atoms with Crippen molar-refractivity contribution in [2.75, 3.05) is 30.6 Å². The maximum Gasteiger partial charge on any atom is 0.329 e. The maximum absolute atomic E-state index is 10.5. The summed E-state index contributed by atoms with van der Waals surface area (Å²) in [6, 6.07) is 20.4. The second kappa shape index (κ2) is 13.1. The predicted octanol–water partition coefficient (Wildman–Crippen LogP) is 5.18. The standard InChI is InChI=1S/C26H31N3O4S/c1-19(2)29(18-34-20(3)33-15-14-32-17-24(30)31)23-16-27-25(21-10-6-4-7-11-21)26(28-23)22-12-8-5-9-13-22/h4-13,16,19-20H,14-15,17-18H2,1-3H3,(H,30,31)/t20-/m1/s1. The van der Waals surface area contributed by atoms with Gasteiger partial charge < -0.3 is 19.5 Å². The van der Waals surface area contributed by atoms with Gasteiger partial charge in [-0.3, -0.25) is 4.98 Å². The molecule has 0 fully saturated rings. The Balaban J connectivity index is 1.75. The Morgan fingerprint density at radius 3 is 2.18 bits per heavy atom. The van der Waals surface area contributed by atoms with Crippen molar-refractivity contribution >= 4 is 23.5 Å². The van der Waals surface area contributed by atoms with E-state index in [0.29, 0.717) is 12.5 Å². The number of anilines is 1. The third kappa shape index (κ3) is 7.55. The van der Waals surface area contributed by atoms with Gasteiger partial charge in [0.25, 0.3) is 0 Å². The van der Waals surface area contributed by atoms with E-state index in [1.54, 1.807) is 11.8 Å². The van der Waals surface area contributed by atoms with E-state index in [9.17, 15) is 4.79 Å². The van der Waals surface area contributed by atoms with Gasteiger partial charge in [-0.15, -0.1) is 11.8 Å². The van der Waals surface area contributed by atoms with E-state index in [2.05, 4.69) is 30.9 Å². The van der Waals surface area contributed by atoms with Crippen LogP contribution in [0.2, 0.25) is 0 Å². The Morgan fingerprint density at radius 2 is 1.59 bits per heavy atom. The highest BCUT2D eigenvalue weighted by Gasteiger charge is 2.18. The minimum Gasteiger partial charge on any atom is -0.480 e. The molecule has 0 aliphatic rings. The van der Waals surface area contributed by atoms with Gasteiger partial charge in [-0.1, -0.05) is 60.7 Å². The van der Waals surface area contributed by atoms with Crippen molar-refractivity contribution < 1.29 is 19.4 Å². The normalized spacial score (nSPS) is 12.0. The number of ether oxygens (including phenoxy) is 2. The summed E-state index contributed by atoms with van der Waals surface area (Å²) in [6.45, 7) is 6.50. The zero-order valence-corrected chi connectivity index (χ0v) is 20.6. The lowest BCUT2D eigenvalue weighted by Gasteiger charge is -2.29. The van der Waals surface area contributed by atoms with Crippen molar-refractivity contribution in [2.45, 2.75) is 32.2 Å². The van der Waals surface area contributed by atoms with Crippen molar-refractivity contribution in [1.82, 2.24) is 9.97 Å². The highest BCUT2D eigenvalue weighted by molar-refractivity contribution is 7.99. The molecular weight excluding hydrogens is 450 g/mol. The molecule has 0 saturated heterocycles. The maximum atomic E-state index is 10.5. The molecule has 180 valence electrons. The highest BCUT2D eigenvalue weighted by Crippen LogP contribution is 2.31. The van der Waals surface area contributed by atoms with E-state index < -0.39 is 5.97 Å². The number of benzene rings is 2. The average Bonchev–Trinajstić information content (AvgIpc) is 2.84. The van der Waals surface area contributed by atoms with Crippen molar-refractivity contribution in [1.29, 1.82) is 0 Å². The van der Waals surface area contributed by atoms with Crippen LogP contribution < -0.4 is 4.90 Å². The first-order chi connectivity index (χ1) is 16.5. The summed E-state index contributed by atoms with van der Waals surface area (Å²) in [6.07, 6.45) is 1.83. The van der Waals surface area contributed by atoms with Gasteiger partial charge in [-0.25, -0.2) is 9.78 Å². The molecule has 3 rings (SSSR count). The van der Waals surface area contributed by atoms with Gasteiger partial charge in [0.2, 0.25) is 0 Å². The van der Waals surface area contributed by atoms with Crippen molar-refractivity contribution in [2.24, 2.45) is 0 Å². The minimum atomic E-state index is -0.982. The van der Waals surface area contributed by atoms with Gasteiger partial charge >= 0.3 is 5.97 Å². The SMILES string of the molecule is CC(C)N(CS[C@H](C)OCCOCC(=O)O)c1cnc(-c2ccccc2)c(-c2ccccc2)n1. The van der Waals surface area contributed by atoms with Crippen LogP contribution in [0.4, 0.5) is 5.82 Å². The molecule has 0 spiro atoms. The summed E-state index contributed by atoms with van der Waals surface area (Å²) in [5, 5.41) is 8.62. The molecule has 0 aliphatic carbocycles. The lowest BCUT2D eigenvalue weighted by atomic mass is 10.0. The Labute approximate surface area is 205 Å². The molecule has 1 heterocycles. The molecule has 0 bridgehead atoms. The van der Waals surface area contributed by atoms with Gasteiger partial charge in [0.15, 0.2) is 0 Å². The summed E-state index contributed by atoms with van der Waals surface area (Å²) in [5.74, 6) is 0.491. The Hall–Kier alpha value is -2.94.